The first kappa shape index (κ1) is 18.8. The number of nitrogens with one attached hydrogen (secondary N) is 1. The van der Waals surface area contributed by atoms with Crippen molar-refractivity contribution in [1.82, 2.24) is 5.32 Å². The fourth-order valence-electron chi connectivity index (χ4n) is 7.46. The van der Waals surface area contributed by atoms with Gasteiger partial charge in [0.25, 0.3) is 0 Å². The van der Waals surface area contributed by atoms with Gasteiger partial charge in [-0.1, -0.05) is 19.0 Å². The van der Waals surface area contributed by atoms with E-state index in [4.69, 9.17) is 4.84 Å². The summed E-state index contributed by atoms with van der Waals surface area (Å²) in [6, 6.07) is 0. The molecule has 5 aliphatic rings. The summed E-state index contributed by atoms with van der Waals surface area (Å²) in [4.78, 5) is 31.6. The van der Waals surface area contributed by atoms with Gasteiger partial charge in [-0.05, 0) is 68.2 Å². The Kier molecular flexibility index (Phi) is 4.46. The first-order valence-corrected chi connectivity index (χ1v) is 11.4. The molecule has 1 aliphatic heterocycles. The molecule has 4 aliphatic carbocycles. The van der Waals surface area contributed by atoms with Crippen LogP contribution in [0.2, 0.25) is 0 Å². The molecular weight excluding hydrogens is 352 g/mol. The molecule has 0 radical (unpaired) electrons. The highest BCUT2D eigenvalue weighted by Crippen LogP contribution is 2.64. The molecule has 0 bridgehead atoms. The van der Waals surface area contributed by atoms with E-state index in [1.54, 1.807) is 0 Å². The Morgan fingerprint density at radius 1 is 1.04 bits per heavy atom. The smallest absolute Gasteiger partial charge is 0.141 e. The summed E-state index contributed by atoms with van der Waals surface area (Å²) in [7, 11) is 0. The fraction of sp³-hybridized carbons (Fsp3) is 0.870. The van der Waals surface area contributed by atoms with Crippen molar-refractivity contribution in [3.8, 4) is 0 Å². The van der Waals surface area contributed by atoms with Gasteiger partial charge < -0.3 is 10.2 Å². The Morgan fingerprint density at radius 2 is 1.89 bits per heavy atom. The second kappa shape index (κ2) is 6.65. The Balaban J connectivity index is 1.35. The van der Waals surface area contributed by atoms with Gasteiger partial charge in [-0.3, -0.25) is 9.59 Å². The number of Topliss-reactive ketones (excluding diaryl/α,β-unsaturated/α-hetero) is 2. The van der Waals surface area contributed by atoms with E-state index < -0.39 is 0 Å². The zero-order chi connectivity index (χ0) is 19.5. The first-order valence-electron chi connectivity index (χ1n) is 11.4. The quantitative estimate of drug-likeness (QED) is 0.738. The molecule has 154 valence electrons. The average Bonchev–Trinajstić information content (AvgIpc) is 3.29. The maximum Gasteiger partial charge on any atom is 0.141 e. The zero-order valence-electron chi connectivity index (χ0n) is 17.3. The predicted octanol–water partition coefficient (Wildman–Crippen LogP) is 3.51. The minimum absolute atomic E-state index is 0.116. The second-order valence-corrected chi connectivity index (χ2v) is 10.6. The van der Waals surface area contributed by atoms with E-state index in [0.29, 0.717) is 36.2 Å². The minimum Gasteiger partial charge on any atom is -0.391 e. The van der Waals surface area contributed by atoms with E-state index >= 15 is 0 Å². The molecule has 7 atom stereocenters. The van der Waals surface area contributed by atoms with Crippen LogP contribution in [0.5, 0.6) is 0 Å². The molecule has 28 heavy (non-hydrogen) atoms. The molecule has 1 unspecified atom stereocenters. The van der Waals surface area contributed by atoms with Crippen molar-refractivity contribution >= 4 is 17.3 Å². The SMILES string of the molecule is C[C@]12CC/C(=N/O[C@@H]3CCNC3)CC1CC(=O)[C@@H]1[C@H]2CC[C@]2(C)C(=O)CC[C@@H]12. The van der Waals surface area contributed by atoms with Gasteiger partial charge in [0.1, 0.15) is 17.7 Å². The van der Waals surface area contributed by atoms with Gasteiger partial charge in [0.15, 0.2) is 0 Å². The van der Waals surface area contributed by atoms with Gasteiger partial charge in [0.2, 0.25) is 0 Å². The number of fused-ring (bicyclic) bond motifs is 5. The molecule has 1 saturated heterocycles. The summed E-state index contributed by atoms with van der Waals surface area (Å²) in [5, 5.41) is 7.82. The van der Waals surface area contributed by atoms with E-state index in [2.05, 4.69) is 24.3 Å². The summed E-state index contributed by atoms with van der Waals surface area (Å²) in [6.07, 6.45) is 8.54. The number of ketones is 2. The van der Waals surface area contributed by atoms with Gasteiger partial charge in [0.05, 0.1) is 5.71 Å². The van der Waals surface area contributed by atoms with Crippen LogP contribution in [-0.2, 0) is 14.4 Å². The molecule has 0 amide bonds. The van der Waals surface area contributed by atoms with E-state index in [1.165, 1.54) is 0 Å². The van der Waals surface area contributed by atoms with Gasteiger partial charge in [-0.2, -0.15) is 0 Å². The highest BCUT2D eigenvalue weighted by atomic mass is 16.6. The molecule has 4 saturated carbocycles. The van der Waals surface area contributed by atoms with Gasteiger partial charge in [-0.15, -0.1) is 0 Å². The Hall–Kier alpha value is -1.23. The number of hydrogen-bond acceptors (Lipinski definition) is 5. The summed E-state index contributed by atoms with van der Waals surface area (Å²) >= 11 is 0. The van der Waals surface area contributed by atoms with Crippen molar-refractivity contribution in [1.29, 1.82) is 0 Å². The van der Waals surface area contributed by atoms with Gasteiger partial charge in [-0.25, -0.2) is 0 Å². The summed E-state index contributed by atoms with van der Waals surface area (Å²) in [5.41, 5.74) is 1.13. The lowest BCUT2D eigenvalue weighted by Gasteiger charge is -2.58. The van der Waals surface area contributed by atoms with Crippen molar-refractivity contribution in [3.05, 3.63) is 0 Å². The van der Waals surface area contributed by atoms with E-state index in [-0.39, 0.29) is 28.8 Å². The number of nitrogens with zero attached hydrogens (tertiary/aromatic N) is 1. The normalized spacial score (nSPS) is 49.6. The fourth-order valence-corrected chi connectivity index (χ4v) is 7.46. The van der Waals surface area contributed by atoms with Crippen LogP contribution in [0.4, 0.5) is 0 Å². The molecular formula is C23H34N2O3. The molecule has 5 heteroatoms. The Labute approximate surface area is 168 Å². The van der Waals surface area contributed by atoms with Crippen molar-refractivity contribution in [2.24, 2.45) is 39.7 Å². The lowest BCUT2D eigenvalue weighted by Crippen LogP contribution is -2.57. The predicted molar refractivity (Wildman–Crippen MR) is 107 cm³/mol. The Morgan fingerprint density at radius 3 is 2.68 bits per heavy atom. The van der Waals surface area contributed by atoms with Gasteiger partial charge >= 0.3 is 0 Å². The third kappa shape index (κ3) is 2.72. The minimum atomic E-state index is -0.232. The standard InChI is InChI=1S/C23H34N2O3/c1-22-8-5-15(25-28-16-7-10-24-13-16)11-14(22)12-19(26)21-17-3-4-20(27)23(17,2)9-6-18(21)22/h14,16-18,21,24H,3-13H2,1-2H3/b25-15-/t14?,16-,17+,18-,21+,22+,23+/m1/s1. The average molecular weight is 387 g/mol. The van der Waals surface area contributed by atoms with Crippen LogP contribution in [0.1, 0.15) is 71.6 Å². The van der Waals surface area contributed by atoms with Crippen LogP contribution in [0, 0.1) is 34.5 Å². The van der Waals surface area contributed by atoms with Crippen LogP contribution in [0.25, 0.3) is 0 Å². The molecule has 5 nitrogen and oxygen atoms in total. The van der Waals surface area contributed by atoms with Crippen molar-refractivity contribution in [3.63, 3.8) is 0 Å². The molecule has 1 heterocycles. The van der Waals surface area contributed by atoms with Crippen LogP contribution in [0.15, 0.2) is 5.16 Å². The van der Waals surface area contributed by atoms with Crippen molar-refractivity contribution in [2.45, 2.75) is 77.7 Å². The summed E-state index contributed by atoms with van der Waals surface area (Å²) < 4.78 is 0. The maximum absolute atomic E-state index is 13.3. The zero-order valence-corrected chi connectivity index (χ0v) is 17.3. The largest absolute Gasteiger partial charge is 0.391 e. The maximum atomic E-state index is 13.3. The van der Waals surface area contributed by atoms with E-state index in [0.717, 1.165) is 63.7 Å². The van der Waals surface area contributed by atoms with Crippen molar-refractivity contribution in [2.75, 3.05) is 13.1 Å². The van der Waals surface area contributed by atoms with Gasteiger partial charge in [0, 0.05) is 37.1 Å². The number of hydrogen-bond donors (Lipinski definition) is 1. The number of carbonyl (C=O) groups is 2. The lowest BCUT2D eigenvalue weighted by atomic mass is 9.45. The summed E-state index contributed by atoms with van der Waals surface area (Å²) in [6.45, 7) is 6.47. The second-order valence-electron chi connectivity index (χ2n) is 10.6. The molecule has 0 aromatic heterocycles. The van der Waals surface area contributed by atoms with Crippen LogP contribution < -0.4 is 5.32 Å². The molecule has 0 aromatic carbocycles. The molecule has 5 fully saturated rings. The highest BCUT2D eigenvalue weighted by Gasteiger charge is 2.62. The van der Waals surface area contributed by atoms with Crippen LogP contribution >= 0.6 is 0 Å². The number of rotatable bonds is 2. The number of oxime groups is 1. The van der Waals surface area contributed by atoms with Crippen molar-refractivity contribution < 1.29 is 14.4 Å². The molecule has 1 N–H and O–H groups in total. The molecule has 5 rings (SSSR count). The van der Waals surface area contributed by atoms with E-state index in [1.807, 2.05) is 0 Å². The lowest BCUT2D eigenvalue weighted by molar-refractivity contribution is -0.154. The Bertz CT molecular complexity index is 713. The topological polar surface area (TPSA) is 67.8 Å². The van der Waals surface area contributed by atoms with Crippen LogP contribution in [0.3, 0.4) is 0 Å². The monoisotopic (exact) mass is 386 g/mol. The highest BCUT2D eigenvalue weighted by molar-refractivity contribution is 5.91. The molecule has 0 aromatic rings. The third-order valence-corrected chi connectivity index (χ3v) is 9.36. The number of carbonyl (C=O) groups excluding carboxylic acids is 2. The van der Waals surface area contributed by atoms with E-state index in [9.17, 15) is 9.59 Å². The van der Waals surface area contributed by atoms with Crippen LogP contribution in [-0.4, -0.2) is 36.5 Å². The first-order chi connectivity index (χ1) is 13.4. The third-order valence-electron chi connectivity index (χ3n) is 9.36. The summed E-state index contributed by atoms with van der Waals surface area (Å²) in [5.74, 6) is 2.08. The molecule has 0 spiro atoms.